The van der Waals surface area contributed by atoms with Gasteiger partial charge in [-0.15, -0.1) is 0 Å². The van der Waals surface area contributed by atoms with Crippen LogP contribution in [-0.4, -0.2) is 53.3 Å². The van der Waals surface area contributed by atoms with Crippen LogP contribution in [-0.2, 0) is 11.3 Å². The number of piperidine rings is 1. The predicted molar refractivity (Wildman–Crippen MR) is 111 cm³/mol. The summed E-state index contributed by atoms with van der Waals surface area (Å²) in [5, 5.41) is 3.93. The van der Waals surface area contributed by atoms with E-state index in [2.05, 4.69) is 22.3 Å². The van der Waals surface area contributed by atoms with E-state index in [4.69, 9.17) is 16.0 Å². The summed E-state index contributed by atoms with van der Waals surface area (Å²) in [4.78, 5) is 29.5. The zero-order valence-electron chi connectivity index (χ0n) is 16.4. The fourth-order valence-corrected chi connectivity index (χ4v) is 4.33. The lowest BCUT2D eigenvalue weighted by molar-refractivity contribution is -0.125. The molecule has 7 heteroatoms. The summed E-state index contributed by atoms with van der Waals surface area (Å²) < 4.78 is 5.22. The minimum Gasteiger partial charge on any atom is -0.459 e. The van der Waals surface area contributed by atoms with Crippen LogP contribution in [0, 0.1) is 0 Å². The third-order valence-electron chi connectivity index (χ3n) is 5.80. The maximum Gasteiger partial charge on any atom is 0.290 e. The Labute approximate surface area is 175 Å². The fraction of sp³-hybridized carbons (Fsp3) is 0.455. The van der Waals surface area contributed by atoms with Gasteiger partial charge in [-0.2, -0.15) is 0 Å². The summed E-state index contributed by atoms with van der Waals surface area (Å²) in [7, 11) is 0. The minimum atomic E-state index is -0.403. The number of nitrogens with one attached hydrogen (secondary N) is 1. The number of nitrogens with zero attached hydrogens (tertiary/aromatic N) is 2. The van der Waals surface area contributed by atoms with E-state index in [1.54, 1.807) is 17.0 Å². The zero-order valence-corrected chi connectivity index (χ0v) is 17.1. The average molecular weight is 416 g/mol. The van der Waals surface area contributed by atoms with Crippen molar-refractivity contribution < 1.29 is 14.0 Å². The van der Waals surface area contributed by atoms with Gasteiger partial charge in [-0.1, -0.05) is 23.7 Å². The molecule has 2 aliphatic rings. The van der Waals surface area contributed by atoms with Crippen LogP contribution in [0.4, 0.5) is 0 Å². The van der Waals surface area contributed by atoms with Crippen molar-refractivity contribution >= 4 is 23.4 Å². The van der Waals surface area contributed by atoms with Crippen molar-refractivity contribution in [2.45, 2.75) is 44.3 Å². The van der Waals surface area contributed by atoms with E-state index in [1.165, 1.54) is 11.8 Å². The van der Waals surface area contributed by atoms with E-state index < -0.39 is 6.04 Å². The van der Waals surface area contributed by atoms with Crippen molar-refractivity contribution in [3.8, 4) is 0 Å². The standard InChI is InChI=1S/C22H26ClN3O3/c23-17-7-5-16(6-8-17)15-25-12-9-18(10-13-25)24-21(27)19-3-1-11-26(19)22(28)20-4-2-14-29-20/h2,4-8,14,18-19H,1,3,9-13,15H2,(H,24,27)/t19-/m0/s1. The van der Waals surface area contributed by atoms with Crippen LogP contribution < -0.4 is 5.32 Å². The predicted octanol–water partition coefficient (Wildman–Crippen LogP) is 3.32. The highest BCUT2D eigenvalue weighted by Gasteiger charge is 2.36. The molecule has 2 aliphatic heterocycles. The second-order valence-electron chi connectivity index (χ2n) is 7.82. The minimum absolute atomic E-state index is 0.0430. The molecular formula is C22H26ClN3O3. The summed E-state index contributed by atoms with van der Waals surface area (Å²) in [5.41, 5.74) is 1.25. The van der Waals surface area contributed by atoms with Crippen molar-refractivity contribution in [1.29, 1.82) is 0 Å². The molecule has 1 aromatic heterocycles. The third kappa shape index (κ3) is 4.82. The van der Waals surface area contributed by atoms with Crippen molar-refractivity contribution in [2.75, 3.05) is 19.6 Å². The monoisotopic (exact) mass is 415 g/mol. The molecule has 6 nitrogen and oxygen atoms in total. The second-order valence-corrected chi connectivity index (χ2v) is 8.26. The first-order valence-corrected chi connectivity index (χ1v) is 10.6. The Bertz CT molecular complexity index is 829. The summed E-state index contributed by atoms with van der Waals surface area (Å²) in [6.45, 7) is 3.36. The summed E-state index contributed by atoms with van der Waals surface area (Å²) in [5.74, 6) is 0.0456. The number of hydrogen-bond acceptors (Lipinski definition) is 4. The molecule has 1 N–H and O–H groups in total. The van der Waals surface area contributed by atoms with Gasteiger partial charge in [-0.3, -0.25) is 14.5 Å². The van der Waals surface area contributed by atoms with Gasteiger partial charge < -0.3 is 14.6 Å². The summed E-state index contributed by atoms with van der Waals surface area (Å²) in [6.07, 6.45) is 4.85. The second kappa shape index (κ2) is 9.01. The van der Waals surface area contributed by atoms with Crippen LogP contribution in [0.3, 0.4) is 0 Å². The average Bonchev–Trinajstić information content (AvgIpc) is 3.43. The first-order valence-electron chi connectivity index (χ1n) is 10.2. The largest absolute Gasteiger partial charge is 0.459 e. The molecule has 2 aromatic rings. The Kier molecular flexibility index (Phi) is 6.21. The third-order valence-corrected chi connectivity index (χ3v) is 6.05. The van der Waals surface area contributed by atoms with Gasteiger partial charge in [0.25, 0.3) is 5.91 Å². The molecule has 0 spiro atoms. The number of rotatable bonds is 5. The van der Waals surface area contributed by atoms with Crippen LogP contribution in [0.25, 0.3) is 0 Å². The van der Waals surface area contributed by atoms with Crippen molar-refractivity contribution in [2.24, 2.45) is 0 Å². The van der Waals surface area contributed by atoms with Gasteiger partial charge >= 0.3 is 0 Å². The molecule has 3 heterocycles. The van der Waals surface area contributed by atoms with Gasteiger partial charge in [0, 0.05) is 37.2 Å². The van der Waals surface area contributed by atoms with Crippen LogP contribution in [0.1, 0.15) is 41.8 Å². The van der Waals surface area contributed by atoms with Gasteiger partial charge in [-0.25, -0.2) is 0 Å². The number of hydrogen-bond donors (Lipinski definition) is 1. The summed E-state index contributed by atoms with van der Waals surface area (Å²) in [6, 6.07) is 11.0. The molecule has 154 valence electrons. The van der Waals surface area contributed by atoms with E-state index >= 15 is 0 Å². The number of furan rings is 1. The molecule has 2 amide bonds. The first kappa shape index (κ1) is 20.0. The normalized spacial score (nSPS) is 20.7. The molecule has 0 unspecified atom stereocenters. The summed E-state index contributed by atoms with van der Waals surface area (Å²) >= 11 is 5.95. The number of carbonyl (C=O) groups excluding carboxylic acids is 2. The Morgan fingerprint density at radius 3 is 2.52 bits per heavy atom. The number of amides is 2. The molecule has 2 fully saturated rings. The van der Waals surface area contributed by atoms with Crippen LogP contribution >= 0.6 is 11.6 Å². The van der Waals surface area contributed by atoms with E-state index in [1.807, 2.05) is 12.1 Å². The molecule has 2 saturated heterocycles. The van der Waals surface area contributed by atoms with Gasteiger partial charge in [0.2, 0.25) is 5.91 Å². The molecule has 1 atom stereocenters. The SMILES string of the molecule is O=C(NC1CCN(Cc2ccc(Cl)cc2)CC1)[C@@H]1CCCN1C(=O)c1ccco1. The number of halogens is 1. The molecule has 0 saturated carbocycles. The smallest absolute Gasteiger partial charge is 0.290 e. The van der Waals surface area contributed by atoms with Gasteiger partial charge in [-0.05, 0) is 55.5 Å². The molecule has 4 rings (SSSR count). The van der Waals surface area contributed by atoms with E-state index in [0.717, 1.165) is 43.9 Å². The van der Waals surface area contributed by atoms with E-state index in [-0.39, 0.29) is 17.9 Å². The fourth-order valence-electron chi connectivity index (χ4n) is 4.20. The quantitative estimate of drug-likeness (QED) is 0.813. The molecule has 29 heavy (non-hydrogen) atoms. The molecule has 0 bridgehead atoms. The van der Waals surface area contributed by atoms with Gasteiger partial charge in [0.1, 0.15) is 6.04 Å². The highest BCUT2D eigenvalue weighted by atomic mass is 35.5. The van der Waals surface area contributed by atoms with E-state index in [0.29, 0.717) is 18.7 Å². The van der Waals surface area contributed by atoms with Gasteiger partial charge in [0.15, 0.2) is 5.76 Å². The van der Waals surface area contributed by atoms with Crippen molar-refractivity contribution in [1.82, 2.24) is 15.1 Å². The molecule has 0 aliphatic carbocycles. The molecule has 0 radical (unpaired) electrons. The zero-order chi connectivity index (χ0) is 20.2. The van der Waals surface area contributed by atoms with Gasteiger partial charge in [0.05, 0.1) is 6.26 Å². The lowest BCUT2D eigenvalue weighted by Crippen LogP contribution is -2.51. The number of benzene rings is 1. The first-order chi connectivity index (χ1) is 14.1. The highest BCUT2D eigenvalue weighted by Crippen LogP contribution is 2.22. The lowest BCUT2D eigenvalue weighted by Gasteiger charge is -2.33. The highest BCUT2D eigenvalue weighted by molar-refractivity contribution is 6.30. The van der Waals surface area contributed by atoms with Crippen molar-refractivity contribution in [3.05, 3.63) is 59.0 Å². The van der Waals surface area contributed by atoms with Crippen LogP contribution in [0.15, 0.2) is 47.1 Å². The van der Waals surface area contributed by atoms with E-state index in [9.17, 15) is 9.59 Å². The molecular weight excluding hydrogens is 390 g/mol. The Morgan fingerprint density at radius 1 is 1.07 bits per heavy atom. The number of likely N-dealkylation sites (tertiary alicyclic amines) is 2. The Morgan fingerprint density at radius 2 is 1.83 bits per heavy atom. The Balaban J connectivity index is 1.27. The molecule has 1 aromatic carbocycles. The Hall–Kier alpha value is -2.31. The maximum atomic E-state index is 12.8. The lowest BCUT2D eigenvalue weighted by atomic mass is 10.0. The van der Waals surface area contributed by atoms with Crippen LogP contribution in [0.5, 0.6) is 0 Å². The number of carbonyl (C=O) groups is 2. The van der Waals surface area contributed by atoms with Crippen LogP contribution in [0.2, 0.25) is 5.02 Å². The maximum absolute atomic E-state index is 12.8. The van der Waals surface area contributed by atoms with Crippen molar-refractivity contribution in [3.63, 3.8) is 0 Å². The topological polar surface area (TPSA) is 65.8 Å².